The van der Waals surface area contributed by atoms with Crippen LogP contribution in [0.15, 0.2) is 24.3 Å². The standard InChI is InChI=1S/C15H19ClN2/c1-11(12-6-8-14(16)9-7-12)18(2)15-5-3-4-13(15)10-17/h6-9,11,13,15H,3-5H2,1-2H3. The molecule has 0 saturated heterocycles. The second-order valence-corrected chi connectivity index (χ2v) is 5.56. The van der Waals surface area contributed by atoms with Crippen LogP contribution in [0.3, 0.4) is 0 Å². The normalized spacial score (nSPS) is 25.1. The van der Waals surface area contributed by atoms with Crippen molar-refractivity contribution in [2.75, 3.05) is 7.05 Å². The largest absolute Gasteiger partial charge is 0.295 e. The van der Waals surface area contributed by atoms with Crippen molar-refractivity contribution >= 4 is 11.6 Å². The highest BCUT2D eigenvalue weighted by atomic mass is 35.5. The zero-order valence-electron chi connectivity index (χ0n) is 10.9. The number of nitrogens with zero attached hydrogens (tertiary/aromatic N) is 2. The Hall–Kier alpha value is -1.04. The fourth-order valence-corrected chi connectivity index (χ4v) is 2.97. The summed E-state index contributed by atoms with van der Waals surface area (Å²) in [5.41, 5.74) is 1.26. The molecular weight excluding hydrogens is 244 g/mol. The molecule has 3 heteroatoms. The van der Waals surface area contributed by atoms with Crippen LogP contribution < -0.4 is 0 Å². The molecule has 0 radical (unpaired) electrons. The summed E-state index contributed by atoms with van der Waals surface area (Å²) >= 11 is 5.91. The van der Waals surface area contributed by atoms with E-state index in [9.17, 15) is 5.26 Å². The third-order valence-electron chi connectivity index (χ3n) is 4.13. The predicted octanol–water partition coefficient (Wildman–Crippen LogP) is 4.03. The van der Waals surface area contributed by atoms with Gasteiger partial charge in [0, 0.05) is 17.1 Å². The van der Waals surface area contributed by atoms with E-state index in [2.05, 4.69) is 37.1 Å². The molecule has 0 heterocycles. The molecule has 0 aromatic heterocycles. The van der Waals surface area contributed by atoms with Crippen molar-refractivity contribution in [2.24, 2.45) is 5.92 Å². The molecule has 2 rings (SSSR count). The molecule has 1 fully saturated rings. The predicted molar refractivity (Wildman–Crippen MR) is 74.4 cm³/mol. The lowest BCUT2D eigenvalue weighted by Gasteiger charge is -2.32. The highest BCUT2D eigenvalue weighted by Crippen LogP contribution is 2.33. The Kier molecular flexibility index (Phi) is 4.27. The average molecular weight is 263 g/mol. The lowest BCUT2D eigenvalue weighted by Crippen LogP contribution is -2.36. The maximum absolute atomic E-state index is 9.18. The number of halogens is 1. The summed E-state index contributed by atoms with van der Waals surface area (Å²) < 4.78 is 0. The quantitative estimate of drug-likeness (QED) is 0.823. The zero-order valence-corrected chi connectivity index (χ0v) is 11.7. The van der Waals surface area contributed by atoms with Crippen LogP contribution in [-0.4, -0.2) is 18.0 Å². The molecule has 96 valence electrons. The van der Waals surface area contributed by atoms with Crippen molar-refractivity contribution in [3.05, 3.63) is 34.9 Å². The molecule has 0 spiro atoms. The van der Waals surface area contributed by atoms with Gasteiger partial charge in [-0.25, -0.2) is 0 Å². The molecule has 1 aromatic carbocycles. The van der Waals surface area contributed by atoms with Crippen LogP contribution in [0.25, 0.3) is 0 Å². The van der Waals surface area contributed by atoms with E-state index in [0.29, 0.717) is 12.1 Å². The van der Waals surface area contributed by atoms with Gasteiger partial charge in [-0.05, 0) is 44.5 Å². The van der Waals surface area contributed by atoms with E-state index in [1.54, 1.807) is 0 Å². The zero-order chi connectivity index (χ0) is 13.1. The molecule has 0 bridgehead atoms. The van der Waals surface area contributed by atoms with Gasteiger partial charge in [-0.15, -0.1) is 0 Å². The molecule has 0 N–H and O–H groups in total. The van der Waals surface area contributed by atoms with Gasteiger partial charge in [0.2, 0.25) is 0 Å². The Balaban J connectivity index is 2.11. The van der Waals surface area contributed by atoms with Crippen molar-refractivity contribution < 1.29 is 0 Å². The smallest absolute Gasteiger partial charge is 0.0672 e. The molecular formula is C15H19ClN2. The molecule has 3 atom stereocenters. The first kappa shape index (κ1) is 13.4. The Labute approximate surface area is 114 Å². The van der Waals surface area contributed by atoms with Gasteiger partial charge in [0.15, 0.2) is 0 Å². The number of rotatable bonds is 3. The molecule has 1 saturated carbocycles. The van der Waals surface area contributed by atoms with Crippen molar-refractivity contribution in [2.45, 2.75) is 38.3 Å². The van der Waals surface area contributed by atoms with Crippen LogP contribution in [0.1, 0.15) is 37.8 Å². The molecule has 1 aromatic rings. The van der Waals surface area contributed by atoms with Gasteiger partial charge in [-0.1, -0.05) is 30.2 Å². The van der Waals surface area contributed by atoms with E-state index >= 15 is 0 Å². The van der Waals surface area contributed by atoms with Crippen molar-refractivity contribution in [3.8, 4) is 6.07 Å². The fourth-order valence-electron chi connectivity index (χ4n) is 2.84. The van der Waals surface area contributed by atoms with Gasteiger partial charge in [0.1, 0.15) is 0 Å². The Bertz CT molecular complexity index is 435. The van der Waals surface area contributed by atoms with Crippen LogP contribution >= 0.6 is 11.6 Å². The first-order valence-corrected chi connectivity index (χ1v) is 6.88. The van der Waals surface area contributed by atoms with Gasteiger partial charge in [-0.2, -0.15) is 5.26 Å². The van der Waals surface area contributed by atoms with Crippen molar-refractivity contribution in [1.82, 2.24) is 4.90 Å². The summed E-state index contributed by atoms with van der Waals surface area (Å²) in [6.45, 7) is 2.19. The van der Waals surface area contributed by atoms with Gasteiger partial charge in [-0.3, -0.25) is 4.90 Å². The molecule has 3 unspecified atom stereocenters. The van der Waals surface area contributed by atoms with E-state index in [0.717, 1.165) is 17.9 Å². The molecule has 1 aliphatic rings. The topological polar surface area (TPSA) is 27.0 Å². The summed E-state index contributed by atoms with van der Waals surface area (Å²) in [5.74, 6) is 0.185. The van der Waals surface area contributed by atoms with Crippen LogP contribution in [0.4, 0.5) is 0 Å². The summed E-state index contributed by atoms with van der Waals surface area (Å²) in [7, 11) is 2.12. The number of hydrogen-bond donors (Lipinski definition) is 0. The second-order valence-electron chi connectivity index (χ2n) is 5.13. The second kappa shape index (κ2) is 5.73. The Morgan fingerprint density at radius 2 is 2.00 bits per heavy atom. The third-order valence-corrected chi connectivity index (χ3v) is 4.38. The van der Waals surface area contributed by atoms with Gasteiger partial charge < -0.3 is 0 Å². The van der Waals surface area contributed by atoms with Crippen LogP contribution in [0, 0.1) is 17.2 Å². The first-order chi connectivity index (χ1) is 8.63. The first-order valence-electron chi connectivity index (χ1n) is 6.50. The molecule has 0 amide bonds. The van der Waals surface area contributed by atoms with E-state index in [1.807, 2.05) is 12.1 Å². The summed E-state index contributed by atoms with van der Waals surface area (Å²) in [6, 6.07) is 11.2. The highest BCUT2D eigenvalue weighted by Gasteiger charge is 2.32. The van der Waals surface area contributed by atoms with Crippen LogP contribution in [0.5, 0.6) is 0 Å². The number of nitriles is 1. The molecule has 1 aliphatic carbocycles. The fraction of sp³-hybridized carbons (Fsp3) is 0.533. The van der Waals surface area contributed by atoms with E-state index in [4.69, 9.17) is 11.6 Å². The SMILES string of the molecule is CC(c1ccc(Cl)cc1)N(C)C1CCCC1C#N. The van der Waals surface area contributed by atoms with E-state index in [1.165, 1.54) is 12.0 Å². The van der Waals surface area contributed by atoms with Gasteiger partial charge in [0.25, 0.3) is 0 Å². The molecule has 18 heavy (non-hydrogen) atoms. The lowest BCUT2D eigenvalue weighted by molar-refractivity contribution is 0.167. The Morgan fingerprint density at radius 1 is 1.33 bits per heavy atom. The molecule has 2 nitrogen and oxygen atoms in total. The van der Waals surface area contributed by atoms with E-state index < -0.39 is 0 Å². The average Bonchev–Trinajstić information content (AvgIpc) is 2.86. The highest BCUT2D eigenvalue weighted by molar-refractivity contribution is 6.30. The number of benzene rings is 1. The van der Waals surface area contributed by atoms with Crippen LogP contribution in [0.2, 0.25) is 5.02 Å². The maximum Gasteiger partial charge on any atom is 0.0672 e. The molecule has 0 aliphatic heterocycles. The monoisotopic (exact) mass is 262 g/mol. The van der Waals surface area contributed by atoms with Gasteiger partial charge >= 0.3 is 0 Å². The van der Waals surface area contributed by atoms with Crippen molar-refractivity contribution in [1.29, 1.82) is 5.26 Å². The summed E-state index contributed by atoms with van der Waals surface area (Å²) in [5, 5.41) is 9.95. The summed E-state index contributed by atoms with van der Waals surface area (Å²) in [4.78, 5) is 2.34. The minimum absolute atomic E-state index is 0.185. The van der Waals surface area contributed by atoms with E-state index in [-0.39, 0.29) is 5.92 Å². The minimum atomic E-state index is 0.185. The van der Waals surface area contributed by atoms with Crippen LogP contribution in [-0.2, 0) is 0 Å². The lowest BCUT2D eigenvalue weighted by atomic mass is 10.00. The third kappa shape index (κ3) is 2.68. The maximum atomic E-state index is 9.18. The Morgan fingerprint density at radius 3 is 2.61 bits per heavy atom. The van der Waals surface area contributed by atoms with Gasteiger partial charge in [0.05, 0.1) is 12.0 Å². The van der Waals surface area contributed by atoms with Crippen molar-refractivity contribution in [3.63, 3.8) is 0 Å². The summed E-state index contributed by atoms with van der Waals surface area (Å²) in [6.07, 6.45) is 3.34. The number of hydrogen-bond acceptors (Lipinski definition) is 2. The minimum Gasteiger partial charge on any atom is -0.295 e.